The standard InChI is InChI=1S/C24H41B/c1-3-4-5-6-7-10-20-11-8-9-19-15-21-14-18(17-25)12-13-24(21)22(19)16-23(20,24)2/h15,18-20,22H,3-14,16-17,25H2,1-2H3. The first-order valence-electron chi connectivity index (χ1n) is 11.9. The summed E-state index contributed by atoms with van der Waals surface area (Å²) in [6.45, 7) is 5.08. The van der Waals surface area contributed by atoms with Gasteiger partial charge in [0.05, 0.1) is 0 Å². The quantitative estimate of drug-likeness (QED) is 0.279. The molecule has 6 atom stereocenters. The summed E-state index contributed by atoms with van der Waals surface area (Å²) in [6.07, 6.45) is 23.7. The lowest BCUT2D eigenvalue weighted by Crippen LogP contribution is -2.62. The summed E-state index contributed by atoms with van der Waals surface area (Å²) in [6, 6.07) is 0. The van der Waals surface area contributed by atoms with Gasteiger partial charge in [-0.3, -0.25) is 0 Å². The lowest BCUT2D eigenvalue weighted by Gasteiger charge is -2.69. The third-order valence-electron chi connectivity index (χ3n) is 9.48. The molecule has 0 radical (unpaired) electrons. The van der Waals surface area contributed by atoms with E-state index < -0.39 is 0 Å². The molecule has 4 aliphatic carbocycles. The van der Waals surface area contributed by atoms with Crippen molar-refractivity contribution in [1.82, 2.24) is 0 Å². The third-order valence-corrected chi connectivity index (χ3v) is 9.48. The van der Waals surface area contributed by atoms with Crippen LogP contribution < -0.4 is 0 Å². The molecule has 0 amide bonds. The van der Waals surface area contributed by atoms with Crippen molar-refractivity contribution in [1.29, 1.82) is 0 Å². The highest BCUT2D eigenvalue weighted by molar-refractivity contribution is 6.08. The van der Waals surface area contributed by atoms with Crippen molar-refractivity contribution in [2.45, 2.75) is 104 Å². The molecule has 0 aromatic heterocycles. The van der Waals surface area contributed by atoms with Gasteiger partial charge in [-0.2, -0.15) is 0 Å². The van der Waals surface area contributed by atoms with Crippen LogP contribution in [0.15, 0.2) is 11.6 Å². The van der Waals surface area contributed by atoms with Gasteiger partial charge in [0.2, 0.25) is 0 Å². The first kappa shape index (κ1) is 18.2. The van der Waals surface area contributed by atoms with Crippen LogP contribution in [-0.2, 0) is 0 Å². The fourth-order valence-electron chi connectivity index (χ4n) is 8.02. The second-order valence-corrected chi connectivity index (χ2v) is 10.4. The predicted molar refractivity (Wildman–Crippen MR) is 112 cm³/mol. The molecule has 0 aromatic rings. The van der Waals surface area contributed by atoms with Gasteiger partial charge < -0.3 is 0 Å². The number of hydrogen-bond acceptors (Lipinski definition) is 0. The summed E-state index contributed by atoms with van der Waals surface area (Å²) >= 11 is 0. The highest BCUT2D eigenvalue weighted by Crippen LogP contribution is 2.78. The van der Waals surface area contributed by atoms with Crippen molar-refractivity contribution in [2.75, 3.05) is 0 Å². The van der Waals surface area contributed by atoms with Gasteiger partial charge in [0, 0.05) is 5.41 Å². The first-order chi connectivity index (χ1) is 12.2. The lowest BCUT2D eigenvalue weighted by atomic mass is 9.35. The summed E-state index contributed by atoms with van der Waals surface area (Å²) in [4.78, 5) is 0. The van der Waals surface area contributed by atoms with E-state index in [1.54, 1.807) is 12.8 Å². The Morgan fingerprint density at radius 2 is 1.96 bits per heavy atom. The van der Waals surface area contributed by atoms with Crippen molar-refractivity contribution in [3.8, 4) is 0 Å². The van der Waals surface area contributed by atoms with Crippen LogP contribution in [-0.4, -0.2) is 7.85 Å². The first-order valence-corrected chi connectivity index (χ1v) is 11.9. The van der Waals surface area contributed by atoms with Gasteiger partial charge in [0.15, 0.2) is 0 Å². The normalized spacial score (nSPS) is 45.1. The Kier molecular flexibility index (Phi) is 5.15. The second-order valence-electron chi connectivity index (χ2n) is 10.4. The highest BCUT2D eigenvalue weighted by Gasteiger charge is 2.70. The molecule has 6 unspecified atom stereocenters. The van der Waals surface area contributed by atoms with Crippen LogP contribution in [0, 0.1) is 34.5 Å². The molecule has 1 heteroatoms. The Morgan fingerprint density at radius 3 is 2.76 bits per heavy atom. The molecule has 140 valence electrons. The topological polar surface area (TPSA) is 0 Å². The van der Waals surface area contributed by atoms with Gasteiger partial charge >= 0.3 is 0 Å². The van der Waals surface area contributed by atoms with Crippen LogP contribution in [0.1, 0.15) is 97.3 Å². The summed E-state index contributed by atoms with van der Waals surface area (Å²) in [5.41, 5.74) is 3.28. The van der Waals surface area contributed by atoms with E-state index in [4.69, 9.17) is 0 Å². The number of hydrogen-bond donors (Lipinski definition) is 0. The number of rotatable bonds is 7. The molecule has 4 rings (SSSR count). The number of fused-ring (bicyclic) bond motifs is 1. The monoisotopic (exact) mass is 340 g/mol. The smallest absolute Gasteiger partial charge is 0.0813 e. The summed E-state index contributed by atoms with van der Waals surface area (Å²) < 4.78 is 0. The van der Waals surface area contributed by atoms with E-state index in [2.05, 4.69) is 27.8 Å². The number of unbranched alkanes of at least 4 members (excludes halogenated alkanes) is 4. The van der Waals surface area contributed by atoms with E-state index >= 15 is 0 Å². The summed E-state index contributed by atoms with van der Waals surface area (Å²) in [5.74, 6) is 4.03. The van der Waals surface area contributed by atoms with Gasteiger partial charge in [-0.15, -0.1) is 0 Å². The van der Waals surface area contributed by atoms with Gasteiger partial charge in [0.1, 0.15) is 7.85 Å². The molecule has 3 fully saturated rings. The van der Waals surface area contributed by atoms with E-state index in [1.807, 2.05) is 5.57 Å². The number of allylic oxidation sites excluding steroid dienone is 2. The molecule has 0 aromatic carbocycles. The molecule has 1 spiro atoms. The van der Waals surface area contributed by atoms with E-state index in [1.165, 1.54) is 76.9 Å². The molecule has 3 saturated carbocycles. The van der Waals surface area contributed by atoms with Crippen molar-refractivity contribution in [3.63, 3.8) is 0 Å². The SMILES string of the molecule is BCC1CCC23C(=CC4CCCC(CCCCCCC)C2(C)CC43)C1. The van der Waals surface area contributed by atoms with Gasteiger partial charge in [-0.05, 0) is 74.0 Å². The fraction of sp³-hybridized carbons (Fsp3) is 0.917. The van der Waals surface area contributed by atoms with Crippen molar-refractivity contribution < 1.29 is 0 Å². The maximum Gasteiger partial charge on any atom is 0.101 e. The molecule has 0 nitrogen and oxygen atoms in total. The zero-order chi connectivity index (χ0) is 17.5. The third kappa shape index (κ3) is 2.70. The Morgan fingerprint density at radius 1 is 1.12 bits per heavy atom. The lowest BCUT2D eigenvalue weighted by molar-refractivity contribution is -0.175. The minimum Gasteiger partial charge on any atom is -0.0813 e. The maximum atomic E-state index is 2.83. The molecular formula is C24H41B. The Balaban J connectivity index is 1.51. The minimum absolute atomic E-state index is 0.655. The molecule has 0 saturated heterocycles. The molecular weight excluding hydrogens is 299 g/mol. The molecule has 2 bridgehead atoms. The molecule has 0 aliphatic heterocycles. The highest BCUT2D eigenvalue weighted by atomic mass is 14.7. The van der Waals surface area contributed by atoms with E-state index in [-0.39, 0.29) is 0 Å². The zero-order valence-electron chi connectivity index (χ0n) is 17.3. The van der Waals surface area contributed by atoms with Crippen LogP contribution in [0.4, 0.5) is 0 Å². The summed E-state index contributed by atoms with van der Waals surface area (Å²) in [7, 11) is 2.42. The molecule has 4 aliphatic rings. The molecule has 0 heterocycles. The van der Waals surface area contributed by atoms with Crippen molar-refractivity contribution in [3.05, 3.63) is 11.6 Å². The predicted octanol–water partition coefficient (Wildman–Crippen LogP) is 6.57. The summed E-state index contributed by atoms with van der Waals surface area (Å²) in [5, 5.41) is 0. The van der Waals surface area contributed by atoms with Crippen LogP contribution in [0.3, 0.4) is 0 Å². The van der Waals surface area contributed by atoms with E-state index in [0.29, 0.717) is 10.8 Å². The fourth-order valence-corrected chi connectivity index (χ4v) is 8.02. The second kappa shape index (κ2) is 7.08. The van der Waals surface area contributed by atoms with Crippen LogP contribution in [0.5, 0.6) is 0 Å². The Bertz CT molecular complexity index is 508. The average molecular weight is 340 g/mol. The van der Waals surface area contributed by atoms with Gasteiger partial charge in [-0.1, -0.05) is 70.3 Å². The van der Waals surface area contributed by atoms with Gasteiger partial charge in [-0.25, -0.2) is 0 Å². The van der Waals surface area contributed by atoms with Crippen molar-refractivity contribution in [2.24, 2.45) is 34.5 Å². The Labute approximate surface area is 158 Å². The zero-order valence-corrected chi connectivity index (χ0v) is 17.3. The van der Waals surface area contributed by atoms with E-state index in [9.17, 15) is 0 Å². The van der Waals surface area contributed by atoms with Crippen LogP contribution in [0.2, 0.25) is 6.32 Å². The van der Waals surface area contributed by atoms with Crippen molar-refractivity contribution >= 4 is 7.85 Å². The minimum atomic E-state index is 0.655. The van der Waals surface area contributed by atoms with Crippen LogP contribution in [0.25, 0.3) is 0 Å². The average Bonchev–Trinajstić information content (AvgIpc) is 2.88. The van der Waals surface area contributed by atoms with Gasteiger partial charge in [0.25, 0.3) is 0 Å². The largest absolute Gasteiger partial charge is 0.101 e. The maximum absolute atomic E-state index is 2.83. The van der Waals surface area contributed by atoms with Crippen LogP contribution >= 0.6 is 0 Å². The molecule has 0 N–H and O–H groups in total. The Hall–Kier alpha value is -0.195. The van der Waals surface area contributed by atoms with E-state index in [0.717, 1.165) is 23.7 Å². The molecule has 25 heavy (non-hydrogen) atoms.